The zero-order valence-electron chi connectivity index (χ0n) is 11.1. The first kappa shape index (κ1) is 12.4. The first-order valence-corrected chi connectivity index (χ1v) is 7.13. The number of carbonyl (C=O) groups excluding carboxylic acids is 1. The largest absolute Gasteiger partial charge is 0.410 e. The Morgan fingerprint density at radius 3 is 2.53 bits per heavy atom. The lowest BCUT2D eigenvalue weighted by Gasteiger charge is -2.25. The van der Waals surface area contributed by atoms with Gasteiger partial charge in [-0.3, -0.25) is 0 Å². The van der Waals surface area contributed by atoms with Gasteiger partial charge in [-0.1, -0.05) is 49.6 Å². The zero-order chi connectivity index (χ0) is 13.1. The van der Waals surface area contributed by atoms with Gasteiger partial charge < -0.3 is 4.74 Å². The normalized spacial score (nSPS) is 21.3. The Bertz CT molecular complexity index is 487. The smallest absolute Gasteiger partial charge is 0.340 e. The predicted molar refractivity (Wildman–Crippen MR) is 74.1 cm³/mol. The Labute approximate surface area is 113 Å². The van der Waals surface area contributed by atoms with E-state index in [9.17, 15) is 4.79 Å². The van der Waals surface area contributed by atoms with Crippen LogP contribution in [0.15, 0.2) is 35.3 Å². The van der Waals surface area contributed by atoms with Crippen LogP contribution < -0.4 is 0 Å². The molecule has 3 heteroatoms. The van der Waals surface area contributed by atoms with Crippen molar-refractivity contribution in [2.45, 2.75) is 50.5 Å². The van der Waals surface area contributed by atoms with Crippen LogP contribution >= 0.6 is 0 Å². The lowest BCUT2D eigenvalue weighted by molar-refractivity contribution is -0.140. The maximum absolute atomic E-state index is 12.0. The van der Waals surface area contributed by atoms with Crippen LogP contribution in [0.1, 0.15) is 44.1 Å². The molecule has 1 aliphatic carbocycles. The van der Waals surface area contributed by atoms with Gasteiger partial charge in [0.2, 0.25) is 0 Å². The molecule has 2 aliphatic rings. The van der Waals surface area contributed by atoms with Crippen molar-refractivity contribution in [2.24, 2.45) is 4.99 Å². The van der Waals surface area contributed by atoms with Crippen molar-refractivity contribution in [3.8, 4) is 0 Å². The van der Waals surface area contributed by atoms with Crippen molar-refractivity contribution >= 4 is 11.9 Å². The molecule has 100 valence electrons. The van der Waals surface area contributed by atoms with Gasteiger partial charge in [0.1, 0.15) is 0 Å². The van der Waals surface area contributed by atoms with E-state index in [4.69, 9.17) is 4.74 Å². The highest BCUT2D eigenvalue weighted by atomic mass is 16.6. The highest BCUT2D eigenvalue weighted by molar-refractivity contribution is 6.00. The second kappa shape index (κ2) is 5.16. The topological polar surface area (TPSA) is 38.7 Å². The Morgan fingerprint density at radius 1 is 1.05 bits per heavy atom. The Balaban J connectivity index is 1.66. The van der Waals surface area contributed by atoms with Gasteiger partial charge in [-0.15, -0.1) is 0 Å². The number of hydrogen-bond donors (Lipinski definition) is 0. The summed E-state index contributed by atoms with van der Waals surface area (Å²) in [6.45, 7) is 0. The molecule has 3 nitrogen and oxygen atoms in total. The van der Waals surface area contributed by atoms with E-state index in [1.165, 1.54) is 12.0 Å². The monoisotopic (exact) mass is 257 g/mol. The van der Waals surface area contributed by atoms with Crippen LogP contribution in [-0.4, -0.2) is 17.4 Å². The van der Waals surface area contributed by atoms with E-state index in [1.54, 1.807) is 0 Å². The Hall–Kier alpha value is -1.64. The van der Waals surface area contributed by atoms with E-state index < -0.39 is 5.54 Å². The molecule has 19 heavy (non-hydrogen) atoms. The van der Waals surface area contributed by atoms with E-state index in [2.05, 4.69) is 17.1 Å². The van der Waals surface area contributed by atoms with Gasteiger partial charge in [0.25, 0.3) is 0 Å². The van der Waals surface area contributed by atoms with Gasteiger partial charge >= 0.3 is 5.97 Å². The first-order chi connectivity index (χ1) is 9.28. The molecule has 1 aromatic carbocycles. The highest BCUT2D eigenvalue weighted by Gasteiger charge is 2.46. The minimum absolute atomic E-state index is 0.115. The molecular weight excluding hydrogens is 238 g/mol. The maximum atomic E-state index is 12.0. The lowest BCUT2D eigenvalue weighted by atomic mass is 9.83. The van der Waals surface area contributed by atoms with Crippen molar-refractivity contribution in [3.05, 3.63) is 35.9 Å². The number of rotatable bonds is 3. The fraction of sp³-hybridized carbons (Fsp3) is 0.500. The molecule has 1 saturated carbocycles. The molecule has 1 aliphatic heterocycles. The van der Waals surface area contributed by atoms with Crippen LogP contribution in [0.4, 0.5) is 0 Å². The quantitative estimate of drug-likeness (QED) is 0.779. The van der Waals surface area contributed by atoms with Crippen LogP contribution in [0.3, 0.4) is 0 Å². The van der Waals surface area contributed by atoms with Crippen molar-refractivity contribution in [3.63, 3.8) is 0 Å². The van der Waals surface area contributed by atoms with Crippen LogP contribution in [0, 0.1) is 0 Å². The maximum Gasteiger partial charge on any atom is 0.340 e. The molecule has 0 bridgehead atoms. The summed E-state index contributed by atoms with van der Waals surface area (Å²) in [6.07, 6.45) is 6.71. The summed E-state index contributed by atoms with van der Waals surface area (Å²) in [5.74, 6) is 0.519. The lowest BCUT2D eigenvalue weighted by Crippen LogP contribution is -2.35. The second-order valence-electron chi connectivity index (χ2n) is 5.47. The molecule has 0 unspecified atom stereocenters. The van der Waals surface area contributed by atoms with Crippen LogP contribution in [0.2, 0.25) is 0 Å². The summed E-state index contributed by atoms with van der Waals surface area (Å²) in [5.41, 5.74) is 0.732. The molecule has 1 aromatic rings. The average molecular weight is 257 g/mol. The first-order valence-electron chi connectivity index (χ1n) is 7.13. The van der Waals surface area contributed by atoms with Gasteiger partial charge in [0.05, 0.1) is 0 Å². The number of carbonyl (C=O) groups is 1. The van der Waals surface area contributed by atoms with Gasteiger partial charge in [-0.2, -0.15) is 0 Å². The zero-order valence-corrected chi connectivity index (χ0v) is 11.1. The molecule has 1 heterocycles. The van der Waals surface area contributed by atoms with E-state index >= 15 is 0 Å². The third-order valence-corrected chi connectivity index (χ3v) is 4.08. The van der Waals surface area contributed by atoms with Gasteiger partial charge in [-0.25, -0.2) is 9.79 Å². The number of nitrogens with zero attached hydrogens (tertiary/aromatic N) is 1. The summed E-state index contributed by atoms with van der Waals surface area (Å²) in [5, 5.41) is 0. The van der Waals surface area contributed by atoms with E-state index in [-0.39, 0.29) is 5.97 Å². The Kier molecular flexibility index (Phi) is 3.36. The molecule has 3 rings (SSSR count). The number of cyclic esters (lactones) is 1. The summed E-state index contributed by atoms with van der Waals surface area (Å²) < 4.78 is 5.39. The third-order valence-electron chi connectivity index (χ3n) is 4.08. The summed E-state index contributed by atoms with van der Waals surface area (Å²) in [7, 11) is 0. The van der Waals surface area contributed by atoms with E-state index in [1.807, 2.05) is 18.2 Å². The molecule has 0 atom stereocenters. The average Bonchev–Trinajstić information content (AvgIpc) is 2.75. The van der Waals surface area contributed by atoms with Crippen LogP contribution in [-0.2, 0) is 16.0 Å². The van der Waals surface area contributed by atoms with Gasteiger partial charge in [0, 0.05) is 6.42 Å². The highest BCUT2D eigenvalue weighted by Crippen LogP contribution is 2.36. The standard InChI is InChI=1S/C16H19NO2/c18-15-16(11-5-2-6-12-16)17-14(19-15)10-9-13-7-3-1-4-8-13/h1,3-4,7-8H,2,5-6,9-12H2. The van der Waals surface area contributed by atoms with Crippen LogP contribution in [0.5, 0.6) is 0 Å². The minimum atomic E-state index is -0.524. The van der Waals surface area contributed by atoms with Crippen molar-refractivity contribution in [1.29, 1.82) is 0 Å². The molecule has 1 fully saturated rings. The van der Waals surface area contributed by atoms with Crippen molar-refractivity contribution in [2.75, 3.05) is 0 Å². The fourth-order valence-electron chi connectivity index (χ4n) is 2.96. The predicted octanol–water partition coefficient (Wildman–Crippen LogP) is 3.28. The molecule has 0 aromatic heterocycles. The Morgan fingerprint density at radius 2 is 1.79 bits per heavy atom. The third kappa shape index (κ3) is 2.55. The molecular formula is C16H19NO2. The summed E-state index contributed by atoms with van der Waals surface area (Å²) in [6, 6.07) is 10.2. The van der Waals surface area contributed by atoms with E-state index in [0.717, 1.165) is 38.5 Å². The number of benzene rings is 1. The molecule has 0 N–H and O–H groups in total. The van der Waals surface area contributed by atoms with E-state index in [0.29, 0.717) is 5.90 Å². The molecule has 0 amide bonds. The molecule has 0 saturated heterocycles. The molecule has 1 spiro atoms. The number of esters is 1. The number of aryl methyl sites for hydroxylation is 1. The van der Waals surface area contributed by atoms with Gasteiger partial charge in [0.15, 0.2) is 11.4 Å². The number of hydrogen-bond acceptors (Lipinski definition) is 3. The number of aliphatic imine (C=N–C) groups is 1. The van der Waals surface area contributed by atoms with Gasteiger partial charge in [-0.05, 0) is 24.8 Å². The summed E-state index contributed by atoms with van der Waals surface area (Å²) in [4.78, 5) is 16.7. The minimum Gasteiger partial charge on any atom is -0.410 e. The molecule has 0 radical (unpaired) electrons. The van der Waals surface area contributed by atoms with Crippen molar-refractivity contribution in [1.82, 2.24) is 0 Å². The van der Waals surface area contributed by atoms with Crippen molar-refractivity contribution < 1.29 is 9.53 Å². The summed E-state index contributed by atoms with van der Waals surface area (Å²) >= 11 is 0. The SMILES string of the molecule is O=C1OC(CCc2ccccc2)=NC12CCCCC2. The fourth-order valence-corrected chi connectivity index (χ4v) is 2.96. The van der Waals surface area contributed by atoms with Crippen LogP contribution in [0.25, 0.3) is 0 Å². The second-order valence-corrected chi connectivity index (χ2v) is 5.47. The number of ether oxygens (including phenoxy) is 1.